The van der Waals surface area contributed by atoms with Crippen LogP contribution >= 0.6 is 0 Å². The van der Waals surface area contributed by atoms with Gasteiger partial charge in [0.15, 0.2) is 0 Å². The number of aromatic amines is 1. The van der Waals surface area contributed by atoms with Gasteiger partial charge in [-0.25, -0.2) is 4.98 Å². The molecule has 0 fully saturated rings. The Hall–Kier alpha value is -1.92. The molecule has 6 nitrogen and oxygen atoms in total. The largest absolute Gasteiger partial charge is 0.382 e. The highest BCUT2D eigenvalue weighted by Gasteiger charge is 2.06. The molecule has 21 heavy (non-hydrogen) atoms. The van der Waals surface area contributed by atoms with Crippen molar-refractivity contribution in [1.82, 2.24) is 15.3 Å². The second kappa shape index (κ2) is 8.39. The second-order valence-corrected chi connectivity index (χ2v) is 4.70. The first kappa shape index (κ1) is 15.5. The Morgan fingerprint density at radius 1 is 1.29 bits per heavy atom. The predicted molar refractivity (Wildman–Crippen MR) is 80.4 cm³/mol. The summed E-state index contributed by atoms with van der Waals surface area (Å²) < 4.78 is 10.2. The molecule has 0 saturated carbocycles. The van der Waals surface area contributed by atoms with E-state index in [1.807, 2.05) is 12.1 Å². The van der Waals surface area contributed by atoms with E-state index in [-0.39, 0.29) is 5.91 Å². The van der Waals surface area contributed by atoms with Gasteiger partial charge in [0.25, 0.3) is 5.91 Å². The van der Waals surface area contributed by atoms with Crippen LogP contribution in [0.15, 0.2) is 24.5 Å². The molecular weight excluding hydrogens is 270 g/mol. The highest BCUT2D eigenvalue weighted by molar-refractivity contribution is 5.97. The lowest BCUT2D eigenvalue weighted by Crippen LogP contribution is -2.24. The SMILES string of the molecule is COCCOCCCCNC(=O)c1ccc2nc[nH]c2c1. The summed E-state index contributed by atoms with van der Waals surface area (Å²) in [7, 11) is 1.65. The monoisotopic (exact) mass is 291 g/mol. The molecule has 0 atom stereocenters. The van der Waals surface area contributed by atoms with Gasteiger partial charge in [-0.15, -0.1) is 0 Å². The molecule has 1 aromatic heterocycles. The van der Waals surface area contributed by atoms with Gasteiger partial charge < -0.3 is 19.8 Å². The summed E-state index contributed by atoms with van der Waals surface area (Å²) in [5, 5.41) is 2.90. The van der Waals surface area contributed by atoms with Gasteiger partial charge in [-0.2, -0.15) is 0 Å². The van der Waals surface area contributed by atoms with Crippen molar-refractivity contribution in [3.8, 4) is 0 Å². The minimum atomic E-state index is -0.0631. The zero-order valence-corrected chi connectivity index (χ0v) is 12.2. The second-order valence-electron chi connectivity index (χ2n) is 4.70. The third kappa shape index (κ3) is 4.84. The number of nitrogens with zero attached hydrogens (tertiary/aromatic N) is 1. The molecule has 1 heterocycles. The van der Waals surface area contributed by atoms with E-state index in [1.54, 1.807) is 19.5 Å². The van der Waals surface area contributed by atoms with E-state index in [4.69, 9.17) is 9.47 Å². The minimum absolute atomic E-state index is 0.0631. The Morgan fingerprint density at radius 2 is 2.19 bits per heavy atom. The maximum atomic E-state index is 12.0. The van der Waals surface area contributed by atoms with E-state index in [0.29, 0.717) is 31.9 Å². The number of hydrogen-bond acceptors (Lipinski definition) is 4. The van der Waals surface area contributed by atoms with Gasteiger partial charge in [0.1, 0.15) is 0 Å². The standard InChI is InChI=1S/C15H21N3O3/c1-20-8-9-21-7-3-2-6-16-15(19)12-4-5-13-14(10-12)18-11-17-13/h4-5,10-11H,2-3,6-9H2,1H3,(H,16,19)(H,17,18). The smallest absolute Gasteiger partial charge is 0.251 e. The highest BCUT2D eigenvalue weighted by atomic mass is 16.5. The summed E-state index contributed by atoms with van der Waals surface area (Å²) in [6.07, 6.45) is 3.44. The van der Waals surface area contributed by atoms with Crippen molar-refractivity contribution in [2.24, 2.45) is 0 Å². The Balaban J connectivity index is 1.65. The molecule has 0 unspecified atom stereocenters. The topological polar surface area (TPSA) is 76.2 Å². The molecule has 0 aliphatic heterocycles. The first-order valence-corrected chi connectivity index (χ1v) is 7.09. The van der Waals surface area contributed by atoms with Gasteiger partial charge in [-0.1, -0.05) is 0 Å². The van der Waals surface area contributed by atoms with E-state index < -0.39 is 0 Å². The van der Waals surface area contributed by atoms with Gasteiger partial charge >= 0.3 is 0 Å². The Labute approximate surface area is 123 Å². The maximum absolute atomic E-state index is 12.0. The number of aromatic nitrogens is 2. The van der Waals surface area contributed by atoms with Crippen molar-refractivity contribution in [2.45, 2.75) is 12.8 Å². The van der Waals surface area contributed by atoms with Crippen molar-refractivity contribution in [3.05, 3.63) is 30.1 Å². The lowest BCUT2D eigenvalue weighted by molar-refractivity contribution is 0.0686. The Morgan fingerprint density at radius 3 is 3.05 bits per heavy atom. The molecule has 0 aliphatic carbocycles. The fraction of sp³-hybridized carbons (Fsp3) is 0.467. The van der Waals surface area contributed by atoms with Crippen LogP contribution in [0.1, 0.15) is 23.2 Å². The Kier molecular flexibility index (Phi) is 6.18. The van der Waals surface area contributed by atoms with Crippen LogP contribution in [-0.2, 0) is 9.47 Å². The molecule has 0 saturated heterocycles. The van der Waals surface area contributed by atoms with Crippen molar-refractivity contribution in [3.63, 3.8) is 0 Å². The molecule has 1 aromatic carbocycles. The summed E-state index contributed by atoms with van der Waals surface area (Å²) in [4.78, 5) is 19.1. The number of fused-ring (bicyclic) bond motifs is 1. The molecular formula is C15H21N3O3. The van der Waals surface area contributed by atoms with Crippen molar-refractivity contribution < 1.29 is 14.3 Å². The average Bonchev–Trinajstić information content (AvgIpc) is 2.97. The molecule has 1 amide bonds. The molecule has 2 N–H and O–H groups in total. The molecule has 0 radical (unpaired) electrons. The van der Waals surface area contributed by atoms with E-state index in [2.05, 4.69) is 15.3 Å². The highest BCUT2D eigenvalue weighted by Crippen LogP contribution is 2.11. The quantitative estimate of drug-likeness (QED) is 0.690. The number of nitrogens with one attached hydrogen (secondary N) is 2. The lowest BCUT2D eigenvalue weighted by atomic mass is 10.2. The van der Waals surface area contributed by atoms with E-state index in [1.165, 1.54) is 0 Å². The molecule has 2 rings (SSSR count). The number of carbonyl (C=O) groups excluding carboxylic acids is 1. The molecule has 0 bridgehead atoms. The summed E-state index contributed by atoms with van der Waals surface area (Å²) in [6, 6.07) is 5.43. The third-order valence-electron chi connectivity index (χ3n) is 3.12. The van der Waals surface area contributed by atoms with Crippen molar-refractivity contribution in [1.29, 1.82) is 0 Å². The van der Waals surface area contributed by atoms with Gasteiger partial charge in [0.2, 0.25) is 0 Å². The van der Waals surface area contributed by atoms with Gasteiger partial charge in [0.05, 0.1) is 30.6 Å². The molecule has 2 aromatic rings. The number of hydrogen-bond donors (Lipinski definition) is 2. The number of ether oxygens (including phenoxy) is 2. The predicted octanol–water partition coefficient (Wildman–Crippen LogP) is 1.74. The Bertz CT molecular complexity index is 568. The number of benzene rings is 1. The fourth-order valence-electron chi connectivity index (χ4n) is 1.95. The summed E-state index contributed by atoms with van der Waals surface area (Å²) in [5.74, 6) is -0.0631. The van der Waals surface area contributed by atoms with Crippen LogP contribution in [0.25, 0.3) is 11.0 Å². The first-order valence-electron chi connectivity index (χ1n) is 7.09. The minimum Gasteiger partial charge on any atom is -0.382 e. The van der Waals surface area contributed by atoms with Gasteiger partial charge in [-0.3, -0.25) is 4.79 Å². The number of unbranched alkanes of at least 4 members (excludes halogenated alkanes) is 1. The van der Waals surface area contributed by atoms with Crippen LogP contribution in [0, 0.1) is 0 Å². The van der Waals surface area contributed by atoms with Gasteiger partial charge in [0, 0.05) is 25.8 Å². The van der Waals surface area contributed by atoms with Crippen LogP contribution in [0.2, 0.25) is 0 Å². The van der Waals surface area contributed by atoms with Crippen LogP contribution in [0.5, 0.6) is 0 Å². The zero-order chi connectivity index (χ0) is 14.9. The normalized spacial score (nSPS) is 10.9. The average molecular weight is 291 g/mol. The summed E-state index contributed by atoms with van der Waals surface area (Å²) in [6.45, 7) is 2.58. The summed E-state index contributed by atoms with van der Waals surface area (Å²) >= 11 is 0. The van der Waals surface area contributed by atoms with Crippen LogP contribution in [-0.4, -0.2) is 49.4 Å². The molecule has 0 aliphatic rings. The summed E-state index contributed by atoms with van der Waals surface area (Å²) in [5.41, 5.74) is 2.37. The van der Waals surface area contributed by atoms with Gasteiger partial charge in [-0.05, 0) is 31.0 Å². The van der Waals surface area contributed by atoms with Crippen molar-refractivity contribution in [2.75, 3.05) is 33.5 Å². The van der Waals surface area contributed by atoms with Crippen LogP contribution in [0.4, 0.5) is 0 Å². The molecule has 0 spiro atoms. The third-order valence-corrected chi connectivity index (χ3v) is 3.12. The number of amides is 1. The number of imidazole rings is 1. The number of carbonyl (C=O) groups is 1. The number of rotatable bonds is 9. The molecule has 6 heteroatoms. The lowest BCUT2D eigenvalue weighted by Gasteiger charge is -2.06. The van der Waals surface area contributed by atoms with Crippen LogP contribution in [0.3, 0.4) is 0 Å². The number of methoxy groups -OCH3 is 1. The first-order chi connectivity index (χ1) is 10.3. The fourth-order valence-corrected chi connectivity index (χ4v) is 1.95. The zero-order valence-electron chi connectivity index (χ0n) is 12.2. The number of H-pyrrole nitrogens is 1. The van der Waals surface area contributed by atoms with E-state index in [0.717, 1.165) is 23.9 Å². The van der Waals surface area contributed by atoms with Crippen LogP contribution < -0.4 is 5.32 Å². The van der Waals surface area contributed by atoms with E-state index in [9.17, 15) is 4.79 Å². The van der Waals surface area contributed by atoms with Crippen molar-refractivity contribution >= 4 is 16.9 Å². The maximum Gasteiger partial charge on any atom is 0.251 e. The molecule has 114 valence electrons. The van der Waals surface area contributed by atoms with E-state index >= 15 is 0 Å².